The summed E-state index contributed by atoms with van der Waals surface area (Å²) in [6.45, 7) is 2.93. The first-order valence-electron chi connectivity index (χ1n) is 11.7. The van der Waals surface area contributed by atoms with Gasteiger partial charge in [0.05, 0.1) is 18.4 Å². The molecule has 39 heavy (non-hydrogen) atoms. The molecule has 0 saturated carbocycles. The Kier molecular flexibility index (Phi) is 8.94. The molecule has 2 heterocycles. The van der Waals surface area contributed by atoms with Crippen molar-refractivity contribution in [2.24, 2.45) is 5.73 Å². The fourth-order valence-electron chi connectivity index (χ4n) is 3.90. The number of H-pyrrole nitrogens is 1. The van der Waals surface area contributed by atoms with Gasteiger partial charge in [-0.2, -0.15) is 4.68 Å². The molecule has 0 aliphatic rings. The van der Waals surface area contributed by atoms with Crippen LogP contribution in [-0.4, -0.2) is 54.8 Å². The summed E-state index contributed by atoms with van der Waals surface area (Å²) in [7, 11) is 1.53. The molecule has 0 amide bonds. The lowest BCUT2D eigenvalue weighted by Gasteiger charge is -2.17. The monoisotopic (exact) mass is 532 g/mol. The second kappa shape index (κ2) is 12.3. The molecule has 6 N–H and O–H groups in total. The van der Waals surface area contributed by atoms with Crippen LogP contribution in [0.1, 0.15) is 51.4 Å². The Morgan fingerprint density at radius 3 is 2.36 bits per heavy atom. The molecule has 12 nitrogen and oxygen atoms in total. The van der Waals surface area contributed by atoms with Crippen molar-refractivity contribution in [1.82, 2.24) is 19.7 Å². The van der Waals surface area contributed by atoms with Crippen molar-refractivity contribution in [2.75, 3.05) is 7.11 Å². The first-order valence-corrected chi connectivity index (χ1v) is 11.7. The Bertz CT molecular complexity index is 1550. The maximum absolute atomic E-state index is 12.9. The largest absolute Gasteiger partial charge is 0.481 e. The molecule has 0 aliphatic carbocycles. The molecule has 202 valence electrons. The third-order valence-electron chi connectivity index (χ3n) is 5.60. The first kappa shape index (κ1) is 28.3. The number of aromatic amines is 1. The number of aromatic carboxylic acids is 1. The Morgan fingerprint density at radius 2 is 1.77 bits per heavy atom. The van der Waals surface area contributed by atoms with E-state index in [1.165, 1.54) is 19.2 Å². The van der Waals surface area contributed by atoms with Crippen LogP contribution in [-0.2, 0) is 11.2 Å². The molecule has 1 unspecified atom stereocenters. The average molecular weight is 533 g/mol. The van der Waals surface area contributed by atoms with E-state index in [-0.39, 0.29) is 17.1 Å². The standard InChI is InChI=1S/C25H24N6O4.C2H4O2/c1-14-11-17(13-21(28-14)35-2)19(12-15-7-9-16(10-8-15)22(26)27)23-29-25(34)31(30-23)20-6-4-3-5-18(20)24(32)33;1-2(3)4/h3-11,13,19H,12H2,1-2H3,(H3,26,27)(H,32,33)(H,29,30,34);1H3,(H,3,4). The van der Waals surface area contributed by atoms with Crippen LogP contribution >= 0.6 is 0 Å². The number of nitrogen functional groups attached to an aromatic ring is 1. The molecule has 0 spiro atoms. The van der Waals surface area contributed by atoms with Crippen LogP contribution in [0.3, 0.4) is 0 Å². The molecule has 0 aliphatic heterocycles. The Balaban J connectivity index is 0.000000983. The van der Waals surface area contributed by atoms with Crippen molar-refractivity contribution < 1.29 is 24.5 Å². The number of carbonyl (C=O) groups is 2. The molecule has 0 saturated heterocycles. The normalized spacial score (nSPS) is 11.2. The molecular weight excluding hydrogens is 504 g/mol. The predicted molar refractivity (Wildman–Crippen MR) is 143 cm³/mol. The van der Waals surface area contributed by atoms with E-state index in [0.717, 1.165) is 28.4 Å². The Morgan fingerprint density at radius 1 is 1.13 bits per heavy atom. The van der Waals surface area contributed by atoms with Crippen molar-refractivity contribution >= 4 is 17.8 Å². The van der Waals surface area contributed by atoms with Gasteiger partial charge in [-0.05, 0) is 42.7 Å². The van der Waals surface area contributed by atoms with Gasteiger partial charge in [0, 0.05) is 30.2 Å². The van der Waals surface area contributed by atoms with E-state index in [1.807, 2.05) is 25.1 Å². The van der Waals surface area contributed by atoms with Crippen molar-refractivity contribution in [1.29, 1.82) is 5.41 Å². The van der Waals surface area contributed by atoms with E-state index in [4.69, 9.17) is 25.8 Å². The first-order chi connectivity index (χ1) is 18.5. The lowest BCUT2D eigenvalue weighted by molar-refractivity contribution is -0.134. The summed E-state index contributed by atoms with van der Waals surface area (Å²) < 4.78 is 6.41. The number of aromatic nitrogens is 4. The number of carboxylic acid groups (broad SMARTS) is 2. The highest BCUT2D eigenvalue weighted by Gasteiger charge is 2.23. The van der Waals surface area contributed by atoms with E-state index < -0.39 is 23.5 Å². The van der Waals surface area contributed by atoms with Gasteiger partial charge in [-0.3, -0.25) is 15.2 Å². The van der Waals surface area contributed by atoms with Crippen LogP contribution in [0.25, 0.3) is 5.69 Å². The number of hydrogen-bond donors (Lipinski definition) is 5. The number of aryl methyl sites for hydroxylation is 1. The highest BCUT2D eigenvalue weighted by Crippen LogP contribution is 2.29. The highest BCUT2D eigenvalue weighted by atomic mass is 16.5. The zero-order valence-electron chi connectivity index (χ0n) is 21.5. The van der Waals surface area contributed by atoms with E-state index in [9.17, 15) is 14.7 Å². The zero-order valence-corrected chi connectivity index (χ0v) is 21.5. The van der Waals surface area contributed by atoms with Gasteiger partial charge in [0.15, 0.2) is 0 Å². The van der Waals surface area contributed by atoms with E-state index in [1.54, 1.807) is 30.3 Å². The van der Waals surface area contributed by atoms with Crippen molar-refractivity contribution in [2.45, 2.75) is 26.2 Å². The van der Waals surface area contributed by atoms with Gasteiger partial charge in [-0.15, -0.1) is 5.10 Å². The number of hydrogen-bond acceptors (Lipinski definition) is 7. The van der Waals surface area contributed by atoms with Gasteiger partial charge in [0.25, 0.3) is 5.97 Å². The summed E-state index contributed by atoms with van der Waals surface area (Å²) in [5.74, 6) is -1.63. The summed E-state index contributed by atoms with van der Waals surface area (Å²) in [5, 5.41) is 29.1. The van der Waals surface area contributed by atoms with Crippen molar-refractivity contribution in [3.8, 4) is 11.6 Å². The van der Waals surface area contributed by atoms with Crippen LogP contribution in [0.2, 0.25) is 0 Å². The number of amidine groups is 1. The van der Waals surface area contributed by atoms with Crippen LogP contribution in [0.15, 0.2) is 65.5 Å². The topological polar surface area (TPSA) is 197 Å². The van der Waals surface area contributed by atoms with Gasteiger partial charge in [-0.1, -0.05) is 36.4 Å². The van der Waals surface area contributed by atoms with Crippen LogP contribution < -0.4 is 16.2 Å². The number of aliphatic carboxylic acids is 1. The lowest BCUT2D eigenvalue weighted by atomic mass is 9.91. The molecule has 2 aromatic carbocycles. The molecule has 0 bridgehead atoms. The molecule has 0 fully saturated rings. The van der Waals surface area contributed by atoms with Crippen LogP contribution in [0, 0.1) is 12.3 Å². The SMILES string of the molecule is CC(=O)O.COc1cc(C(Cc2ccc(C(=N)N)cc2)c2nn(-c3ccccc3C(=O)O)c(=O)[nH]2)cc(C)n1. The molecular formula is C27H28N6O6. The summed E-state index contributed by atoms with van der Waals surface area (Å²) in [6, 6.07) is 17.1. The minimum Gasteiger partial charge on any atom is -0.481 e. The smallest absolute Gasteiger partial charge is 0.348 e. The predicted octanol–water partition coefficient (Wildman–Crippen LogP) is 2.72. The van der Waals surface area contributed by atoms with Crippen molar-refractivity contribution in [3.63, 3.8) is 0 Å². The number of nitrogens with zero attached hydrogens (tertiary/aromatic N) is 3. The summed E-state index contributed by atoms with van der Waals surface area (Å²) in [5.41, 5.74) is 8.23. The molecule has 4 aromatic rings. The number of nitrogens with one attached hydrogen (secondary N) is 2. The number of ether oxygens (including phenoxy) is 1. The van der Waals surface area contributed by atoms with Crippen LogP contribution in [0.5, 0.6) is 5.88 Å². The number of pyridine rings is 1. The molecule has 2 aromatic heterocycles. The summed E-state index contributed by atoms with van der Waals surface area (Å²) >= 11 is 0. The zero-order chi connectivity index (χ0) is 28.7. The molecule has 12 heteroatoms. The number of nitrogens with two attached hydrogens (primary N) is 1. The number of carboxylic acids is 2. The quantitative estimate of drug-likeness (QED) is 0.167. The number of rotatable bonds is 8. The Labute approximate surface area is 223 Å². The maximum atomic E-state index is 12.9. The maximum Gasteiger partial charge on any atom is 0.348 e. The highest BCUT2D eigenvalue weighted by molar-refractivity contribution is 5.94. The third-order valence-corrected chi connectivity index (χ3v) is 5.60. The number of para-hydroxylation sites is 1. The molecule has 4 rings (SSSR count). The van der Waals surface area contributed by atoms with E-state index >= 15 is 0 Å². The van der Waals surface area contributed by atoms with Crippen LogP contribution in [0.4, 0.5) is 0 Å². The minimum absolute atomic E-state index is 0.0252. The number of benzene rings is 2. The lowest BCUT2D eigenvalue weighted by Crippen LogP contribution is -2.18. The van der Waals surface area contributed by atoms with E-state index in [2.05, 4.69) is 15.1 Å². The van der Waals surface area contributed by atoms with Gasteiger partial charge in [0.1, 0.15) is 11.7 Å². The second-order valence-corrected chi connectivity index (χ2v) is 8.52. The fraction of sp³-hybridized carbons (Fsp3) is 0.185. The molecule has 0 radical (unpaired) electrons. The summed E-state index contributed by atoms with van der Waals surface area (Å²) in [6.07, 6.45) is 0.457. The Hall–Kier alpha value is -5.26. The van der Waals surface area contributed by atoms with Gasteiger partial charge >= 0.3 is 11.7 Å². The van der Waals surface area contributed by atoms with Gasteiger partial charge in [-0.25, -0.2) is 14.6 Å². The van der Waals surface area contributed by atoms with Gasteiger partial charge < -0.3 is 20.7 Å². The fourth-order valence-corrected chi connectivity index (χ4v) is 3.90. The van der Waals surface area contributed by atoms with Crippen molar-refractivity contribution in [3.05, 3.63) is 105 Å². The molecule has 1 atom stereocenters. The summed E-state index contributed by atoms with van der Waals surface area (Å²) in [4.78, 5) is 40.7. The number of methoxy groups -OCH3 is 1. The second-order valence-electron chi connectivity index (χ2n) is 8.52. The third kappa shape index (κ3) is 7.16. The van der Waals surface area contributed by atoms with E-state index in [0.29, 0.717) is 23.7 Å². The average Bonchev–Trinajstić information content (AvgIpc) is 3.27. The minimum atomic E-state index is -1.16. The van der Waals surface area contributed by atoms with Gasteiger partial charge in [0.2, 0.25) is 5.88 Å².